The molecule has 1 aromatic heterocycles. The summed E-state index contributed by atoms with van der Waals surface area (Å²) < 4.78 is 5.27. The first-order chi connectivity index (χ1) is 10.0. The molecule has 0 aliphatic rings. The van der Waals surface area contributed by atoms with Gasteiger partial charge in [0.05, 0.1) is 0 Å². The van der Waals surface area contributed by atoms with Gasteiger partial charge in [-0.25, -0.2) is 9.78 Å². The van der Waals surface area contributed by atoms with E-state index in [-0.39, 0.29) is 5.69 Å². The Kier molecular flexibility index (Phi) is 4.37. The van der Waals surface area contributed by atoms with E-state index in [1.807, 2.05) is 31.2 Å². The normalized spacial score (nSPS) is 11.9. The van der Waals surface area contributed by atoms with Gasteiger partial charge in [0.1, 0.15) is 6.04 Å². The number of aliphatic carboxylic acids is 1. The van der Waals surface area contributed by atoms with Gasteiger partial charge in [-0.15, -0.1) is 0 Å². The molecule has 0 radical (unpaired) electrons. The van der Waals surface area contributed by atoms with Crippen molar-refractivity contribution in [2.24, 2.45) is 0 Å². The number of benzene rings is 1. The van der Waals surface area contributed by atoms with Gasteiger partial charge in [0, 0.05) is 5.56 Å². The Morgan fingerprint density at radius 2 is 2.00 bits per heavy atom. The molecule has 0 saturated heterocycles. The average molecular weight is 288 g/mol. The van der Waals surface area contributed by atoms with E-state index >= 15 is 0 Å². The Balaban J connectivity index is 2.25. The van der Waals surface area contributed by atoms with E-state index < -0.39 is 17.9 Å². The molecule has 6 nitrogen and oxygen atoms in total. The lowest BCUT2D eigenvalue weighted by Crippen LogP contribution is -2.40. The molecule has 0 spiro atoms. The largest absolute Gasteiger partial charge is 0.480 e. The number of oxazole rings is 1. The molecule has 1 atom stereocenters. The highest BCUT2D eigenvalue weighted by Gasteiger charge is 2.23. The van der Waals surface area contributed by atoms with Gasteiger partial charge in [-0.3, -0.25) is 4.79 Å². The molecule has 2 aromatic rings. The summed E-state index contributed by atoms with van der Waals surface area (Å²) >= 11 is 0. The van der Waals surface area contributed by atoms with E-state index in [1.165, 1.54) is 6.39 Å². The molecule has 1 amide bonds. The minimum absolute atomic E-state index is 0.0820. The highest BCUT2D eigenvalue weighted by atomic mass is 16.4. The second-order valence-corrected chi connectivity index (χ2v) is 4.67. The molecule has 1 unspecified atom stereocenters. The Bertz CT molecular complexity index is 646. The summed E-state index contributed by atoms with van der Waals surface area (Å²) in [5, 5.41) is 11.4. The third-order valence-electron chi connectivity index (χ3n) is 3.11. The maximum atomic E-state index is 12.1. The first kappa shape index (κ1) is 14.8. The summed E-state index contributed by atoms with van der Waals surface area (Å²) in [6.45, 7) is 3.64. The maximum Gasteiger partial charge on any atom is 0.326 e. The molecular weight excluding hydrogens is 272 g/mol. The van der Waals surface area contributed by atoms with Crippen molar-refractivity contribution < 1.29 is 19.1 Å². The molecule has 0 bridgehead atoms. The van der Waals surface area contributed by atoms with Crippen LogP contribution in [-0.2, 0) is 4.79 Å². The molecule has 2 N–H and O–H groups in total. The fraction of sp³-hybridized carbons (Fsp3) is 0.267. The van der Waals surface area contributed by atoms with Crippen LogP contribution in [0.1, 0.15) is 29.4 Å². The van der Waals surface area contributed by atoms with Crippen molar-refractivity contribution in [2.75, 3.05) is 0 Å². The van der Waals surface area contributed by atoms with E-state index in [1.54, 1.807) is 6.92 Å². The molecule has 1 heterocycles. The fourth-order valence-corrected chi connectivity index (χ4v) is 1.88. The number of aromatic nitrogens is 1. The molecule has 2 rings (SSSR count). The number of hydrogen-bond acceptors (Lipinski definition) is 4. The Morgan fingerprint density at radius 3 is 2.57 bits per heavy atom. The lowest BCUT2D eigenvalue weighted by Gasteiger charge is -2.11. The van der Waals surface area contributed by atoms with Crippen molar-refractivity contribution in [1.29, 1.82) is 0 Å². The number of carboxylic acids is 1. The number of nitrogens with one attached hydrogen (secondary N) is 1. The molecule has 0 saturated carbocycles. The summed E-state index contributed by atoms with van der Waals surface area (Å²) in [6.07, 6.45) is 1.46. The SMILES string of the molecule is CCC(NC(=O)c1ncoc1-c1ccc(C)cc1)C(=O)O. The van der Waals surface area contributed by atoms with E-state index in [0.29, 0.717) is 17.7 Å². The summed E-state index contributed by atoms with van der Waals surface area (Å²) in [5.41, 5.74) is 1.88. The van der Waals surface area contributed by atoms with Crippen molar-refractivity contribution in [2.45, 2.75) is 26.3 Å². The van der Waals surface area contributed by atoms with Gasteiger partial charge < -0.3 is 14.8 Å². The maximum absolute atomic E-state index is 12.1. The summed E-state index contributed by atoms with van der Waals surface area (Å²) in [4.78, 5) is 27.0. The molecule has 21 heavy (non-hydrogen) atoms. The van der Waals surface area contributed by atoms with Crippen LogP contribution in [0.4, 0.5) is 0 Å². The van der Waals surface area contributed by atoms with Gasteiger partial charge in [-0.2, -0.15) is 0 Å². The van der Waals surface area contributed by atoms with Crippen LogP contribution in [0.15, 0.2) is 35.1 Å². The zero-order valence-corrected chi connectivity index (χ0v) is 11.8. The predicted octanol–water partition coefficient (Wildman–Crippen LogP) is 2.24. The monoisotopic (exact) mass is 288 g/mol. The van der Waals surface area contributed by atoms with Gasteiger partial charge in [0.2, 0.25) is 0 Å². The molecule has 0 fully saturated rings. The Labute approximate surface area is 121 Å². The topological polar surface area (TPSA) is 92.4 Å². The highest BCUT2D eigenvalue weighted by molar-refractivity contribution is 5.99. The number of amides is 1. The van der Waals surface area contributed by atoms with E-state index in [0.717, 1.165) is 5.56 Å². The third-order valence-corrected chi connectivity index (χ3v) is 3.11. The van der Waals surface area contributed by atoms with Crippen molar-refractivity contribution >= 4 is 11.9 Å². The van der Waals surface area contributed by atoms with Crippen LogP contribution in [0.2, 0.25) is 0 Å². The van der Waals surface area contributed by atoms with Crippen LogP contribution in [0.3, 0.4) is 0 Å². The molecule has 0 aliphatic carbocycles. The first-order valence-corrected chi connectivity index (χ1v) is 6.57. The predicted molar refractivity (Wildman–Crippen MR) is 75.9 cm³/mol. The number of nitrogens with zero attached hydrogens (tertiary/aromatic N) is 1. The average Bonchev–Trinajstić information content (AvgIpc) is 2.94. The number of carbonyl (C=O) groups is 2. The zero-order chi connectivity index (χ0) is 15.4. The number of hydrogen-bond donors (Lipinski definition) is 2. The Morgan fingerprint density at radius 1 is 1.33 bits per heavy atom. The number of carbonyl (C=O) groups excluding carboxylic acids is 1. The van der Waals surface area contributed by atoms with Gasteiger partial charge in [-0.1, -0.05) is 36.8 Å². The summed E-state index contributed by atoms with van der Waals surface area (Å²) in [6, 6.07) is 6.49. The van der Waals surface area contributed by atoms with Gasteiger partial charge in [-0.05, 0) is 13.3 Å². The lowest BCUT2D eigenvalue weighted by atomic mass is 10.1. The van der Waals surface area contributed by atoms with E-state index in [4.69, 9.17) is 9.52 Å². The van der Waals surface area contributed by atoms with Crippen molar-refractivity contribution in [3.05, 3.63) is 41.9 Å². The van der Waals surface area contributed by atoms with Gasteiger partial charge in [0.25, 0.3) is 5.91 Å². The summed E-state index contributed by atoms with van der Waals surface area (Å²) in [5.74, 6) is -1.31. The van der Waals surface area contributed by atoms with Crippen molar-refractivity contribution in [3.63, 3.8) is 0 Å². The van der Waals surface area contributed by atoms with E-state index in [9.17, 15) is 9.59 Å². The van der Waals surface area contributed by atoms with Crippen LogP contribution >= 0.6 is 0 Å². The number of carboxylic acid groups (broad SMARTS) is 1. The van der Waals surface area contributed by atoms with E-state index in [2.05, 4.69) is 10.3 Å². The minimum atomic E-state index is -1.08. The summed E-state index contributed by atoms with van der Waals surface area (Å²) in [7, 11) is 0. The molecule has 110 valence electrons. The standard InChI is InChI=1S/C15H16N2O4/c1-3-11(15(19)20)17-14(18)12-13(21-8-16-12)10-6-4-9(2)5-7-10/h4-8,11H,3H2,1-2H3,(H,17,18)(H,19,20). The van der Waals surface area contributed by atoms with Crippen molar-refractivity contribution in [3.8, 4) is 11.3 Å². The number of aryl methyl sites for hydroxylation is 1. The van der Waals surface area contributed by atoms with Crippen LogP contribution in [-0.4, -0.2) is 28.0 Å². The second-order valence-electron chi connectivity index (χ2n) is 4.67. The zero-order valence-electron chi connectivity index (χ0n) is 11.8. The third kappa shape index (κ3) is 3.28. The molecule has 0 aliphatic heterocycles. The fourth-order valence-electron chi connectivity index (χ4n) is 1.88. The van der Waals surface area contributed by atoms with Crippen LogP contribution in [0.25, 0.3) is 11.3 Å². The smallest absolute Gasteiger partial charge is 0.326 e. The minimum Gasteiger partial charge on any atom is -0.480 e. The van der Waals surface area contributed by atoms with Crippen LogP contribution in [0.5, 0.6) is 0 Å². The lowest BCUT2D eigenvalue weighted by molar-refractivity contribution is -0.139. The van der Waals surface area contributed by atoms with Gasteiger partial charge in [0.15, 0.2) is 17.8 Å². The van der Waals surface area contributed by atoms with Crippen LogP contribution < -0.4 is 5.32 Å². The van der Waals surface area contributed by atoms with Gasteiger partial charge >= 0.3 is 5.97 Å². The van der Waals surface area contributed by atoms with Crippen molar-refractivity contribution in [1.82, 2.24) is 10.3 Å². The highest BCUT2D eigenvalue weighted by Crippen LogP contribution is 2.23. The van der Waals surface area contributed by atoms with Crippen LogP contribution in [0, 0.1) is 6.92 Å². The molecular formula is C15H16N2O4. The Hall–Kier alpha value is -2.63. The quantitative estimate of drug-likeness (QED) is 0.880. The second kappa shape index (κ2) is 6.21. The molecule has 6 heteroatoms. The first-order valence-electron chi connectivity index (χ1n) is 6.57. The number of rotatable bonds is 5. The molecule has 1 aromatic carbocycles.